The van der Waals surface area contributed by atoms with Crippen molar-refractivity contribution in [3.63, 3.8) is 0 Å². The van der Waals surface area contributed by atoms with Crippen molar-refractivity contribution in [2.75, 3.05) is 5.32 Å². The van der Waals surface area contributed by atoms with Crippen molar-refractivity contribution < 1.29 is 13.9 Å². The third-order valence-electron chi connectivity index (χ3n) is 5.01. The molecule has 5 nitrogen and oxygen atoms in total. The number of halogens is 2. The highest BCUT2D eigenvalue weighted by atomic mass is 35.5. The van der Waals surface area contributed by atoms with Gasteiger partial charge in [-0.1, -0.05) is 41.9 Å². The number of benzene rings is 2. The first-order valence-electron chi connectivity index (χ1n) is 9.96. The number of amides is 1. The van der Waals surface area contributed by atoms with Crippen molar-refractivity contribution >= 4 is 34.5 Å². The molecule has 0 bridgehead atoms. The molecule has 2 heterocycles. The molecule has 0 fully saturated rings. The van der Waals surface area contributed by atoms with Gasteiger partial charge in [0.05, 0.1) is 28.5 Å². The normalized spacial score (nSPS) is 10.9. The average Bonchev–Trinajstić information content (AvgIpc) is 3.35. The number of nitrogens with one attached hydrogen (secondary N) is 1. The largest absolute Gasteiger partial charge is 0.486 e. The van der Waals surface area contributed by atoms with E-state index in [2.05, 4.69) is 10.4 Å². The van der Waals surface area contributed by atoms with Gasteiger partial charge in [-0.2, -0.15) is 5.10 Å². The van der Waals surface area contributed by atoms with Crippen molar-refractivity contribution in [3.8, 4) is 5.75 Å². The third-order valence-corrected chi connectivity index (χ3v) is 6.35. The molecule has 0 radical (unpaired) electrons. The molecule has 0 aliphatic rings. The molecule has 32 heavy (non-hydrogen) atoms. The molecule has 0 atom stereocenters. The lowest BCUT2D eigenvalue weighted by molar-refractivity contribution is 0.103. The van der Waals surface area contributed by atoms with E-state index in [1.165, 1.54) is 17.4 Å². The quantitative estimate of drug-likeness (QED) is 0.349. The van der Waals surface area contributed by atoms with Crippen LogP contribution >= 0.6 is 22.9 Å². The fraction of sp³-hybridized carbons (Fsp3) is 0.167. The molecule has 2 aromatic heterocycles. The summed E-state index contributed by atoms with van der Waals surface area (Å²) in [5.74, 6) is -0.460. The number of aromatic nitrogens is 2. The van der Waals surface area contributed by atoms with Crippen LogP contribution in [-0.2, 0) is 13.2 Å². The van der Waals surface area contributed by atoms with Gasteiger partial charge in [-0.05, 0) is 49.1 Å². The molecule has 0 spiro atoms. The van der Waals surface area contributed by atoms with Crippen molar-refractivity contribution in [1.82, 2.24) is 9.78 Å². The van der Waals surface area contributed by atoms with E-state index >= 15 is 0 Å². The van der Waals surface area contributed by atoms with Crippen molar-refractivity contribution in [1.29, 1.82) is 0 Å². The molecular formula is C24H21ClFN3O2S. The van der Waals surface area contributed by atoms with Gasteiger partial charge in [-0.25, -0.2) is 4.39 Å². The van der Waals surface area contributed by atoms with Crippen LogP contribution in [0, 0.1) is 19.7 Å². The molecule has 0 saturated carbocycles. The van der Waals surface area contributed by atoms with Crippen LogP contribution in [0.4, 0.5) is 10.1 Å². The lowest BCUT2D eigenvalue weighted by atomic mass is 10.2. The van der Waals surface area contributed by atoms with Gasteiger partial charge >= 0.3 is 0 Å². The van der Waals surface area contributed by atoms with Crippen LogP contribution in [0.25, 0.3) is 0 Å². The number of carbonyl (C=O) groups excluding carboxylic acids is 1. The maximum Gasteiger partial charge on any atom is 0.265 e. The lowest BCUT2D eigenvalue weighted by Gasteiger charge is -2.08. The maximum atomic E-state index is 13.7. The van der Waals surface area contributed by atoms with Crippen molar-refractivity contribution in [3.05, 3.63) is 98.2 Å². The Hall–Kier alpha value is -3.16. The van der Waals surface area contributed by atoms with E-state index in [0.717, 1.165) is 22.5 Å². The highest BCUT2D eigenvalue weighted by Gasteiger charge is 2.17. The standard InChI is InChI=1S/C24H21ClFN3O2S/c1-15-23(16(2)29(28-15)12-18-7-3-4-8-19(18)25)27-24(30)22-11-17(14-32-22)13-31-21-10-6-5-9-20(21)26/h3-11,14H,12-13H2,1-2H3,(H,27,30). The number of hydrogen-bond acceptors (Lipinski definition) is 4. The number of para-hydroxylation sites is 1. The molecule has 1 N–H and O–H groups in total. The number of aryl methyl sites for hydroxylation is 1. The number of thiophene rings is 1. The molecule has 0 unspecified atom stereocenters. The molecule has 4 rings (SSSR count). The number of anilines is 1. The molecule has 1 amide bonds. The molecule has 164 valence electrons. The Labute approximate surface area is 194 Å². The highest BCUT2D eigenvalue weighted by Crippen LogP contribution is 2.25. The van der Waals surface area contributed by atoms with Crippen LogP contribution in [0.2, 0.25) is 5.02 Å². The second kappa shape index (κ2) is 9.54. The van der Waals surface area contributed by atoms with E-state index in [4.69, 9.17) is 16.3 Å². The summed E-state index contributed by atoms with van der Waals surface area (Å²) >= 11 is 7.58. The zero-order valence-corrected chi connectivity index (χ0v) is 19.1. The predicted octanol–water partition coefficient (Wildman–Crippen LogP) is 6.23. The highest BCUT2D eigenvalue weighted by molar-refractivity contribution is 7.12. The smallest absolute Gasteiger partial charge is 0.265 e. The third kappa shape index (κ3) is 4.84. The summed E-state index contributed by atoms with van der Waals surface area (Å²) in [4.78, 5) is 13.4. The number of nitrogens with zero attached hydrogens (tertiary/aromatic N) is 2. The van der Waals surface area contributed by atoms with E-state index in [-0.39, 0.29) is 18.3 Å². The van der Waals surface area contributed by atoms with E-state index in [1.807, 2.05) is 48.2 Å². The average molecular weight is 470 g/mol. The van der Waals surface area contributed by atoms with Crippen LogP contribution in [0.15, 0.2) is 60.0 Å². The van der Waals surface area contributed by atoms with E-state index in [0.29, 0.717) is 22.1 Å². The van der Waals surface area contributed by atoms with Gasteiger partial charge in [0.25, 0.3) is 5.91 Å². The van der Waals surface area contributed by atoms with Gasteiger partial charge in [0.1, 0.15) is 6.61 Å². The summed E-state index contributed by atoms with van der Waals surface area (Å²) in [6.45, 7) is 4.46. The Morgan fingerprint density at radius 1 is 1.19 bits per heavy atom. The van der Waals surface area contributed by atoms with Crippen LogP contribution in [0.1, 0.15) is 32.2 Å². The Balaban J connectivity index is 1.44. The second-order valence-corrected chi connectivity index (χ2v) is 8.61. The minimum Gasteiger partial charge on any atom is -0.486 e. The first kappa shape index (κ1) is 22.0. The number of carbonyl (C=O) groups is 1. The fourth-order valence-corrected chi connectivity index (χ4v) is 4.28. The molecule has 0 aliphatic carbocycles. The minimum absolute atomic E-state index is 0.179. The molecular weight excluding hydrogens is 449 g/mol. The van der Waals surface area contributed by atoms with Gasteiger partial charge in [0.2, 0.25) is 0 Å². The van der Waals surface area contributed by atoms with Gasteiger partial charge < -0.3 is 10.1 Å². The van der Waals surface area contributed by atoms with E-state index in [9.17, 15) is 9.18 Å². The summed E-state index contributed by atoms with van der Waals surface area (Å²) in [5, 5.41) is 10.0. The molecule has 0 aliphatic heterocycles. The maximum absolute atomic E-state index is 13.7. The van der Waals surface area contributed by atoms with Gasteiger partial charge in [-0.15, -0.1) is 11.3 Å². The zero-order chi connectivity index (χ0) is 22.7. The van der Waals surface area contributed by atoms with Gasteiger partial charge in [0, 0.05) is 10.6 Å². The topological polar surface area (TPSA) is 56.2 Å². The van der Waals surface area contributed by atoms with Crippen LogP contribution in [0.5, 0.6) is 5.75 Å². The Kier molecular flexibility index (Phi) is 6.58. The van der Waals surface area contributed by atoms with E-state index in [1.54, 1.807) is 24.3 Å². The second-order valence-electron chi connectivity index (χ2n) is 7.29. The summed E-state index contributed by atoms with van der Waals surface area (Å²) in [6.07, 6.45) is 0. The minimum atomic E-state index is -0.416. The predicted molar refractivity (Wildman–Crippen MR) is 125 cm³/mol. The molecule has 2 aromatic carbocycles. The van der Waals surface area contributed by atoms with Crippen molar-refractivity contribution in [2.24, 2.45) is 0 Å². The Morgan fingerprint density at radius 3 is 2.72 bits per heavy atom. The number of rotatable bonds is 7. The van der Waals surface area contributed by atoms with Gasteiger partial charge in [-0.3, -0.25) is 9.48 Å². The monoisotopic (exact) mass is 469 g/mol. The molecule has 8 heteroatoms. The SMILES string of the molecule is Cc1nn(Cc2ccccc2Cl)c(C)c1NC(=O)c1cc(COc2ccccc2F)cs1. The first-order chi connectivity index (χ1) is 15.4. The van der Waals surface area contributed by atoms with E-state index < -0.39 is 5.82 Å². The summed E-state index contributed by atoms with van der Waals surface area (Å²) < 4.78 is 21.0. The summed E-state index contributed by atoms with van der Waals surface area (Å²) in [7, 11) is 0. The summed E-state index contributed by atoms with van der Waals surface area (Å²) in [6, 6.07) is 15.6. The van der Waals surface area contributed by atoms with Gasteiger partial charge in [0.15, 0.2) is 11.6 Å². The lowest BCUT2D eigenvalue weighted by Crippen LogP contribution is -2.12. The van der Waals surface area contributed by atoms with Crippen LogP contribution in [0.3, 0.4) is 0 Å². The molecule has 0 saturated heterocycles. The molecule has 4 aromatic rings. The number of hydrogen-bond donors (Lipinski definition) is 1. The van der Waals surface area contributed by atoms with Crippen LogP contribution < -0.4 is 10.1 Å². The van der Waals surface area contributed by atoms with Crippen molar-refractivity contribution in [2.45, 2.75) is 27.0 Å². The summed E-state index contributed by atoms with van der Waals surface area (Å²) in [5.41, 5.74) is 4.00. The zero-order valence-electron chi connectivity index (χ0n) is 17.6. The fourth-order valence-electron chi connectivity index (χ4n) is 3.29. The Bertz CT molecular complexity index is 1270. The van der Waals surface area contributed by atoms with Crippen LogP contribution in [-0.4, -0.2) is 15.7 Å². The Morgan fingerprint density at radius 2 is 1.94 bits per heavy atom. The number of ether oxygens (including phenoxy) is 1. The first-order valence-corrected chi connectivity index (χ1v) is 11.2.